The second kappa shape index (κ2) is 10.2. The summed E-state index contributed by atoms with van der Waals surface area (Å²) in [6, 6.07) is 0. The Kier molecular flexibility index (Phi) is 7.04. The van der Waals surface area contributed by atoms with Crippen molar-refractivity contribution in [3.8, 4) is 0 Å². The van der Waals surface area contributed by atoms with Gasteiger partial charge < -0.3 is 33.2 Å². The molecular weight excluding hydrogens is 532 g/mol. The van der Waals surface area contributed by atoms with Gasteiger partial charge in [0.2, 0.25) is 0 Å². The summed E-state index contributed by atoms with van der Waals surface area (Å²) in [4.78, 5) is 38.4. The van der Waals surface area contributed by atoms with E-state index in [-0.39, 0.29) is 24.9 Å². The number of esters is 3. The monoisotopic (exact) mass is 570 g/mol. The lowest BCUT2D eigenvalue weighted by atomic mass is 9.51. The molecule has 3 saturated heterocycles. The van der Waals surface area contributed by atoms with E-state index in [1.165, 1.54) is 19.1 Å². The van der Waals surface area contributed by atoms with Crippen molar-refractivity contribution in [1.29, 1.82) is 0 Å². The zero-order valence-electron chi connectivity index (χ0n) is 24.1. The molecule has 10 atom stereocenters. The summed E-state index contributed by atoms with van der Waals surface area (Å²) >= 11 is 0. The average molecular weight is 571 g/mol. The van der Waals surface area contributed by atoms with Gasteiger partial charge in [-0.15, -0.1) is 0 Å². The molecule has 3 unspecified atom stereocenters. The molecule has 4 fully saturated rings. The number of hydrogen-bond donors (Lipinski definition) is 0. The lowest BCUT2D eigenvalue weighted by Crippen LogP contribution is -2.68. The fraction of sp³-hybridized carbons (Fsp3) is 0.645. The maximum absolute atomic E-state index is 13.2. The molecule has 1 saturated carbocycles. The number of hydrogen-bond acceptors (Lipinski definition) is 10. The summed E-state index contributed by atoms with van der Waals surface area (Å²) in [6.07, 6.45) is 8.26. The number of carbonyl (C=O) groups excluding carboxylic acids is 3. The van der Waals surface area contributed by atoms with Crippen molar-refractivity contribution in [3.63, 3.8) is 0 Å². The van der Waals surface area contributed by atoms with Crippen molar-refractivity contribution >= 4 is 17.9 Å². The van der Waals surface area contributed by atoms with Crippen LogP contribution in [0.3, 0.4) is 0 Å². The molecule has 10 heteroatoms. The zero-order valence-corrected chi connectivity index (χ0v) is 24.1. The van der Waals surface area contributed by atoms with Gasteiger partial charge in [-0.05, 0) is 26.3 Å². The molecule has 222 valence electrons. The molecule has 4 heterocycles. The zero-order chi connectivity index (χ0) is 29.2. The quantitative estimate of drug-likeness (QED) is 0.201. The highest BCUT2D eigenvalue weighted by Crippen LogP contribution is 2.72. The highest BCUT2D eigenvalue weighted by molar-refractivity contribution is 5.83. The van der Waals surface area contributed by atoms with Gasteiger partial charge in [-0.3, -0.25) is 4.79 Å². The van der Waals surface area contributed by atoms with Crippen LogP contribution >= 0.6 is 0 Å². The van der Waals surface area contributed by atoms with Crippen LogP contribution in [0.15, 0.2) is 47.6 Å². The van der Waals surface area contributed by atoms with Crippen molar-refractivity contribution in [2.24, 2.45) is 10.8 Å². The predicted octanol–water partition coefficient (Wildman–Crippen LogP) is 3.25. The van der Waals surface area contributed by atoms with Gasteiger partial charge in [-0.25, -0.2) is 9.59 Å². The molecule has 0 radical (unpaired) electrons. The molecule has 6 aliphatic rings. The minimum absolute atomic E-state index is 0.0433. The van der Waals surface area contributed by atoms with Crippen LogP contribution in [-0.2, 0) is 47.5 Å². The van der Waals surface area contributed by atoms with E-state index in [1.54, 1.807) is 12.2 Å². The molecule has 4 bridgehead atoms. The molecule has 2 spiro atoms. The van der Waals surface area contributed by atoms with Crippen LogP contribution in [0, 0.1) is 10.8 Å². The first-order valence-electron chi connectivity index (χ1n) is 14.3. The van der Waals surface area contributed by atoms with E-state index in [0.29, 0.717) is 25.9 Å². The summed E-state index contributed by atoms with van der Waals surface area (Å²) in [5.74, 6) is -1.42. The van der Waals surface area contributed by atoms with Crippen LogP contribution in [0.1, 0.15) is 53.9 Å². The van der Waals surface area contributed by atoms with Gasteiger partial charge in [0.1, 0.15) is 30.5 Å². The third-order valence-corrected chi connectivity index (χ3v) is 9.96. The second-order valence-corrected chi connectivity index (χ2v) is 12.4. The van der Waals surface area contributed by atoms with Crippen molar-refractivity contribution in [2.45, 2.75) is 102 Å². The molecular formula is C31H38O10. The second-order valence-electron chi connectivity index (χ2n) is 12.4. The average Bonchev–Trinajstić information content (AvgIpc) is 3.59. The highest BCUT2D eigenvalue weighted by Gasteiger charge is 2.83. The maximum atomic E-state index is 13.2. The first kappa shape index (κ1) is 28.3. The van der Waals surface area contributed by atoms with Gasteiger partial charge in [0.25, 0.3) is 0 Å². The van der Waals surface area contributed by atoms with Crippen molar-refractivity contribution < 1.29 is 47.5 Å². The maximum Gasteiger partial charge on any atom is 0.331 e. The number of rotatable bonds is 1. The molecule has 0 aromatic rings. The van der Waals surface area contributed by atoms with Crippen molar-refractivity contribution in [2.75, 3.05) is 13.2 Å². The largest absolute Gasteiger partial charge is 0.462 e. The first-order chi connectivity index (χ1) is 19.5. The van der Waals surface area contributed by atoms with E-state index < -0.39 is 58.9 Å². The number of epoxide rings is 1. The highest BCUT2D eigenvalue weighted by atomic mass is 16.7. The number of fused-ring (bicyclic) bond motifs is 2. The van der Waals surface area contributed by atoms with Crippen LogP contribution in [0.25, 0.3) is 0 Å². The standard InChI is InChI=1S/C31H38O10/c1-17-10-27(34)35-15-30-14-22(38-20(4)32)18(2)12-24(30)40-25-13-23(29(30,5)31(25)16-36-31)41-26(33)9-7-6-8-21-19(3)37-28(11-17)39-21/h6-10,12,19,21-25,28H,11,13-16H2,1-5H3/b8-6-,9-7-,17-10-/t19?,21?,22-,23+,24+,25+,28?,29+,30+,31-/m0/s1. The minimum Gasteiger partial charge on any atom is -0.462 e. The fourth-order valence-electron chi connectivity index (χ4n) is 7.64. The van der Waals surface area contributed by atoms with E-state index in [0.717, 1.165) is 11.1 Å². The molecule has 10 nitrogen and oxygen atoms in total. The van der Waals surface area contributed by atoms with Gasteiger partial charge in [-0.2, -0.15) is 0 Å². The van der Waals surface area contributed by atoms with Crippen molar-refractivity contribution in [3.05, 3.63) is 47.6 Å². The predicted molar refractivity (Wildman–Crippen MR) is 143 cm³/mol. The van der Waals surface area contributed by atoms with Crippen LogP contribution in [0.2, 0.25) is 0 Å². The van der Waals surface area contributed by atoms with E-state index >= 15 is 0 Å². The van der Waals surface area contributed by atoms with E-state index in [4.69, 9.17) is 33.2 Å². The van der Waals surface area contributed by atoms with Crippen LogP contribution in [0.4, 0.5) is 0 Å². The van der Waals surface area contributed by atoms with E-state index in [9.17, 15) is 14.4 Å². The van der Waals surface area contributed by atoms with Gasteiger partial charge in [0.05, 0.1) is 35.7 Å². The number of allylic oxidation sites excluding steroid dienone is 2. The Balaban J connectivity index is 1.40. The molecule has 0 amide bonds. The Labute approximate surface area is 239 Å². The summed E-state index contributed by atoms with van der Waals surface area (Å²) in [6.45, 7) is 9.45. The van der Waals surface area contributed by atoms with Crippen LogP contribution in [-0.4, -0.2) is 79.6 Å². The lowest BCUT2D eigenvalue weighted by molar-refractivity contribution is -0.239. The Morgan fingerprint density at radius 1 is 1.05 bits per heavy atom. The van der Waals surface area contributed by atoms with E-state index in [2.05, 4.69) is 0 Å². The Morgan fingerprint density at radius 2 is 1.83 bits per heavy atom. The van der Waals surface area contributed by atoms with Gasteiger partial charge >= 0.3 is 17.9 Å². The SMILES string of the molecule is CC(=O)O[C@H]1C[C@@]23COC(=O)/C=C(/C)CC4OC(C)C(/C=C\C=C/C(=O)O[C@@H]5C[C@@H](O[C@@H]2C=C1C)[C@@]1(CO1)[C@]53C)O4. The van der Waals surface area contributed by atoms with Gasteiger partial charge in [0.15, 0.2) is 6.29 Å². The minimum atomic E-state index is -0.909. The number of carbonyl (C=O) groups is 3. The normalized spacial score (nSPS) is 48.4. The van der Waals surface area contributed by atoms with Crippen LogP contribution in [0.5, 0.6) is 0 Å². The molecule has 2 aliphatic carbocycles. The topological polar surface area (TPSA) is 119 Å². The fourth-order valence-corrected chi connectivity index (χ4v) is 7.64. The molecule has 0 N–H and O–H groups in total. The summed E-state index contributed by atoms with van der Waals surface area (Å²) in [5.41, 5.74) is -0.803. The third-order valence-electron chi connectivity index (χ3n) is 9.96. The van der Waals surface area contributed by atoms with Crippen molar-refractivity contribution in [1.82, 2.24) is 0 Å². The van der Waals surface area contributed by atoms with E-state index in [1.807, 2.05) is 39.8 Å². The molecule has 41 heavy (non-hydrogen) atoms. The Hall–Kier alpha value is -2.79. The van der Waals surface area contributed by atoms with Crippen LogP contribution < -0.4 is 0 Å². The summed E-state index contributed by atoms with van der Waals surface area (Å²) < 4.78 is 42.6. The molecule has 0 aromatic carbocycles. The smallest absolute Gasteiger partial charge is 0.331 e. The van der Waals surface area contributed by atoms with Gasteiger partial charge in [-0.1, -0.05) is 36.8 Å². The lowest BCUT2D eigenvalue weighted by Gasteiger charge is -2.59. The summed E-state index contributed by atoms with van der Waals surface area (Å²) in [5, 5.41) is 0. The number of cyclic esters (lactones) is 1. The molecule has 4 aliphatic heterocycles. The molecule has 6 rings (SSSR count). The number of ether oxygens (including phenoxy) is 7. The Bertz CT molecular complexity index is 1240. The Morgan fingerprint density at radius 3 is 2.56 bits per heavy atom. The van der Waals surface area contributed by atoms with Gasteiger partial charge in [0, 0.05) is 38.3 Å². The third kappa shape index (κ3) is 4.59. The molecule has 0 aromatic heterocycles. The first-order valence-corrected chi connectivity index (χ1v) is 14.3. The summed E-state index contributed by atoms with van der Waals surface area (Å²) in [7, 11) is 0.